The van der Waals surface area contributed by atoms with E-state index in [9.17, 15) is 4.79 Å². The maximum Gasteiger partial charge on any atom is 0.263 e. The lowest BCUT2D eigenvalue weighted by Gasteiger charge is -2.16. The number of carbonyl (C=O) groups is 1. The average molecular weight is 362 g/mol. The second-order valence-corrected chi connectivity index (χ2v) is 7.73. The van der Waals surface area contributed by atoms with Crippen LogP contribution in [-0.2, 0) is 7.05 Å². The standard InChI is InChI=1S/C18H27N5OS/c1-13-16(25-18(22-13)14-11-21-23(2)12-14)17(24)20-10-9-19-15-7-5-3-4-6-8-15/h11-12,15,19H,3-10H2,1-2H3,(H,20,24). The third-order valence-electron chi connectivity index (χ3n) is 4.65. The number of aromatic nitrogens is 3. The van der Waals surface area contributed by atoms with Crippen LogP contribution < -0.4 is 10.6 Å². The smallest absolute Gasteiger partial charge is 0.263 e. The van der Waals surface area contributed by atoms with E-state index in [0.717, 1.165) is 22.8 Å². The Bertz CT molecular complexity index is 700. The molecule has 0 bridgehead atoms. The Morgan fingerprint density at radius 3 is 2.72 bits per heavy atom. The summed E-state index contributed by atoms with van der Waals surface area (Å²) in [4.78, 5) is 17.6. The molecule has 136 valence electrons. The topological polar surface area (TPSA) is 71.8 Å². The first-order chi connectivity index (χ1) is 12.1. The van der Waals surface area contributed by atoms with Crippen molar-refractivity contribution in [2.24, 2.45) is 7.05 Å². The molecule has 6 nitrogen and oxygen atoms in total. The van der Waals surface area contributed by atoms with Gasteiger partial charge in [0.05, 0.1) is 11.9 Å². The lowest BCUT2D eigenvalue weighted by molar-refractivity contribution is 0.0956. The van der Waals surface area contributed by atoms with Crippen molar-refractivity contribution in [3.05, 3.63) is 23.0 Å². The van der Waals surface area contributed by atoms with Gasteiger partial charge < -0.3 is 10.6 Å². The molecule has 1 aliphatic rings. The number of carbonyl (C=O) groups excluding carboxylic acids is 1. The Labute approximate surface area is 153 Å². The van der Waals surface area contributed by atoms with Crippen LogP contribution in [0.3, 0.4) is 0 Å². The molecule has 1 fully saturated rings. The summed E-state index contributed by atoms with van der Waals surface area (Å²) in [5.74, 6) is -0.0344. The summed E-state index contributed by atoms with van der Waals surface area (Å²) >= 11 is 1.43. The average Bonchev–Trinajstić information content (AvgIpc) is 3.09. The minimum atomic E-state index is -0.0344. The molecule has 2 aromatic rings. The Kier molecular flexibility index (Phi) is 6.20. The van der Waals surface area contributed by atoms with E-state index in [1.807, 2.05) is 20.2 Å². The van der Waals surface area contributed by atoms with Crippen molar-refractivity contribution in [1.82, 2.24) is 25.4 Å². The molecular formula is C18H27N5OS. The molecule has 2 heterocycles. The highest BCUT2D eigenvalue weighted by Crippen LogP contribution is 2.27. The Hall–Kier alpha value is -1.73. The Morgan fingerprint density at radius 1 is 1.28 bits per heavy atom. The summed E-state index contributed by atoms with van der Waals surface area (Å²) in [5.41, 5.74) is 1.72. The summed E-state index contributed by atoms with van der Waals surface area (Å²) in [6.45, 7) is 3.35. The van der Waals surface area contributed by atoms with Gasteiger partial charge in [0.1, 0.15) is 9.88 Å². The lowest BCUT2D eigenvalue weighted by Crippen LogP contribution is -2.36. The molecule has 0 spiro atoms. The first-order valence-corrected chi connectivity index (χ1v) is 9.93. The molecule has 2 N–H and O–H groups in total. The van der Waals surface area contributed by atoms with E-state index >= 15 is 0 Å². The van der Waals surface area contributed by atoms with Gasteiger partial charge in [0.15, 0.2) is 0 Å². The van der Waals surface area contributed by atoms with Crippen LogP contribution in [0.4, 0.5) is 0 Å². The summed E-state index contributed by atoms with van der Waals surface area (Å²) in [5, 5.41) is 11.6. The number of nitrogens with one attached hydrogen (secondary N) is 2. The zero-order valence-corrected chi connectivity index (χ0v) is 15.9. The quantitative estimate of drug-likeness (QED) is 0.613. The number of aryl methyl sites for hydroxylation is 2. The van der Waals surface area contributed by atoms with Crippen LogP contribution in [0.15, 0.2) is 12.4 Å². The van der Waals surface area contributed by atoms with Crippen molar-refractivity contribution in [3.63, 3.8) is 0 Å². The normalized spacial score (nSPS) is 15.9. The molecular weight excluding hydrogens is 334 g/mol. The first-order valence-electron chi connectivity index (χ1n) is 9.11. The first kappa shape index (κ1) is 18.1. The van der Waals surface area contributed by atoms with Gasteiger partial charge in [-0.25, -0.2) is 4.98 Å². The summed E-state index contributed by atoms with van der Waals surface area (Å²) in [6, 6.07) is 0.613. The molecule has 0 aliphatic heterocycles. The summed E-state index contributed by atoms with van der Waals surface area (Å²) in [6.07, 6.45) is 11.6. The number of amides is 1. The molecule has 7 heteroatoms. The van der Waals surface area contributed by atoms with Gasteiger partial charge >= 0.3 is 0 Å². The van der Waals surface area contributed by atoms with E-state index in [-0.39, 0.29) is 5.91 Å². The maximum atomic E-state index is 12.4. The van der Waals surface area contributed by atoms with E-state index in [4.69, 9.17) is 0 Å². The van der Waals surface area contributed by atoms with Crippen LogP contribution in [0.5, 0.6) is 0 Å². The van der Waals surface area contributed by atoms with E-state index in [1.54, 1.807) is 10.9 Å². The van der Waals surface area contributed by atoms with Crippen molar-refractivity contribution in [1.29, 1.82) is 0 Å². The fraction of sp³-hybridized carbons (Fsp3) is 0.611. The predicted octanol–water partition coefficient (Wildman–Crippen LogP) is 2.89. The van der Waals surface area contributed by atoms with Gasteiger partial charge in [0.25, 0.3) is 5.91 Å². The van der Waals surface area contributed by atoms with Crippen LogP contribution >= 0.6 is 11.3 Å². The number of hydrogen-bond acceptors (Lipinski definition) is 5. The lowest BCUT2D eigenvalue weighted by atomic mass is 10.1. The van der Waals surface area contributed by atoms with E-state index < -0.39 is 0 Å². The largest absolute Gasteiger partial charge is 0.350 e. The highest BCUT2D eigenvalue weighted by Gasteiger charge is 2.17. The zero-order chi connectivity index (χ0) is 17.6. The Balaban J connectivity index is 1.49. The van der Waals surface area contributed by atoms with Gasteiger partial charge in [0.2, 0.25) is 0 Å². The van der Waals surface area contributed by atoms with Crippen LogP contribution in [-0.4, -0.2) is 39.8 Å². The summed E-state index contributed by atoms with van der Waals surface area (Å²) in [7, 11) is 1.87. The van der Waals surface area contributed by atoms with Gasteiger partial charge in [-0.15, -0.1) is 11.3 Å². The molecule has 0 unspecified atom stereocenters. The van der Waals surface area contributed by atoms with Crippen molar-refractivity contribution in [2.75, 3.05) is 13.1 Å². The van der Waals surface area contributed by atoms with E-state index in [2.05, 4.69) is 20.7 Å². The van der Waals surface area contributed by atoms with Crippen molar-refractivity contribution in [2.45, 2.75) is 51.5 Å². The van der Waals surface area contributed by atoms with Gasteiger partial charge in [0, 0.05) is 37.9 Å². The molecule has 0 atom stereocenters. The molecule has 3 rings (SSSR count). The number of nitrogens with zero attached hydrogens (tertiary/aromatic N) is 3. The third kappa shape index (κ3) is 4.89. The molecule has 0 radical (unpaired) electrons. The van der Waals surface area contributed by atoms with Crippen LogP contribution in [0, 0.1) is 6.92 Å². The van der Waals surface area contributed by atoms with Crippen LogP contribution in [0.25, 0.3) is 10.6 Å². The molecule has 1 amide bonds. The molecule has 2 aromatic heterocycles. The highest BCUT2D eigenvalue weighted by atomic mass is 32.1. The van der Waals surface area contributed by atoms with E-state index in [0.29, 0.717) is 17.5 Å². The number of hydrogen-bond donors (Lipinski definition) is 2. The molecule has 0 saturated heterocycles. The minimum Gasteiger partial charge on any atom is -0.350 e. The fourth-order valence-electron chi connectivity index (χ4n) is 3.28. The predicted molar refractivity (Wildman–Crippen MR) is 101 cm³/mol. The van der Waals surface area contributed by atoms with E-state index in [1.165, 1.54) is 49.9 Å². The summed E-state index contributed by atoms with van der Waals surface area (Å²) < 4.78 is 1.74. The second-order valence-electron chi connectivity index (χ2n) is 6.73. The third-order valence-corrected chi connectivity index (χ3v) is 5.86. The van der Waals surface area contributed by atoms with Crippen molar-refractivity contribution >= 4 is 17.2 Å². The highest BCUT2D eigenvalue weighted by molar-refractivity contribution is 7.17. The monoisotopic (exact) mass is 361 g/mol. The van der Waals surface area contributed by atoms with Crippen LogP contribution in [0.1, 0.15) is 53.9 Å². The fourth-order valence-corrected chi connectivity index (χ4v) is 4.24. The molecule has 1 saturated carbocycles. The van der Waals surface area contributed by atoms with Gasteiger partial charge in [-0.05, 0) is 19.8 Å². The molecule has 1 aliphatic carbocycles. The second kappa shape index (κ2) is 8.58. The van der Waals surface area contributed by atoms with Crippen LogP contribution in [0.2, 0.25) is 0 Å². The number of thiazole rings is 1. The molecule has 0 aromatic carbocycles. The van der Waals surface area contributed by atoms with Crippen molar-refractivity contribution < 1.29 is 4.79 Å². The zero-order valence-electron chi connectivity index (χ0n) is 15.0. The van der Waals surface area contributed by atoms with Gasteiger partial charge in [-0.2, -0.15) is 5.10 Å². The van der Waals surface area contributed by atoms with Gasteiger partial charge in [-0.1, -0.05) is 25.7 Å². The van der Waals surface area contributed by atoms with Crippen molar-refractivity contribution in [3.8, 4) is 10.6 Å². The minimum absolute atomic E-state index is 0.0344. The SMILES string of the molecule is Cc1nc(-c2cnn(C)c2)sc1C(=O)NCCNC1CCCCCC1. The maximum absolute atomic E-state index is 12.4. The number of rotatable bonds is 6. The molecule has 25 heavy (non-hydrogen) atoms. The Morgan fingerprint density at radius 2 is 2.04 bits per heavy atom. The van der Waals surface area contributed by atoms with Gasteiger partial charge in [-0.3, -0.25) is 9.48 Å².